The van der Waals surface area contributed by atoms with Gasteiger partial charge in [0.05, 0.1) is 24.3 Å². The molecular formula is C23H18ClFN4O3. The molecule has 0 saturated heterocycles. The predicted molar refractivity (Wildman–Crippen MR) is 120 cm³/mol. The van der Waals surface area contributed by atoms with Crippen molar-refractivity contribution in [3.05, 3.63) is 97.7 Å². The van der Waals surface area contributed by atoms with E-state index in [-0.39, 0.29) is 27.2 Å². The van der Waals surface area contributed by atoms with Crippen LogP contribution in [0.15, 0.2) is 63.3 Å². The number of halogens is 2. The number of imidazole rings is 1. The highest BCUT2D eigenvalue weighted by Crippen LogP contribution is 2.32. The van der Waals surface area contributed by atoms with Crippen LogP contribution >= 0.6 is 11.6 Å². The Hall–Kier alpha value is -3.65. The quantitative estimate of drug-likeness (QED) is 0.406. The smallest absolute Gasteiger partial charge is 0.279 e. The Bertz CT molecular complexity index is 1640. The van der Waals surface area contributed by atoms with Crippen LogP contribution < -0.4 is 11.1 Å². The highest BCUT2D eigenvalue weighted by molar-refractivity contribution is 6.31. The lowest BCUT2D eigenvalue weighted by Gasteiger charge is -2.19. The fourth-order valence-corrected chi connectivity index (χ4v) is 4.36. The van der Waals surface area contributed by atoms with Gasteiger partial charge < -0.3 is 13.6 Å². The van der Waals surface area contributed by atoms with Crippen molar-refractivity contribution < 1.29 is 8.81 Å². The number of pyridine rings is 1. The van der Waals surface area contributed by atoms with Crippen molar-refractivity contribution in [3.8, 4) is 5.69 Å². The van der Waals surface area contributed by atoms with Gasteiger partial charge in [-0.2, -0.15) is 0 Å². The summed E-state index contributed by atoms with van der Waals surface area (Å²) >= 11 is 6.03. The minimum absolute atomic E-state index is 0.0826. The average molecular weight is 453 g/mol. The minimum atomic E-state index is -0.567. The van der Waals surface area contributed by atoms with Crippen LogP contribution in [0.1, 0.15) is 29.9 Å². The molecule has 5 rings (SSSR count). The van der Waals surface area contributed by atoms with Crippen molar-refractivity contribution in [2.45, 2.75) is 26.8 Å². The number of rotatable bonds is 3. The Balaban J connectivity index is 1.71. The fourth-order valence-electron chi connectivity index (χ4n) is 4.15. The van der Waals surface area contributed by atoms with E-state index in [9.17, 15) is 14.0 Å². The molecule has 0 radical (unpaired) electrons. The Morgan fingerprint density at radius 3 is 2.62 bits per heavy atom. The molecule has 32 heavy (non-hydrogen) atoms. The highest BCUT2D eigenvalue weighted by atomic mass is 35.5. The monoisotopic (exact) mass is 452 g/mol. The largest absolute Gasteiger partial charge is 0.461 e. The van der Waals surface area contributed by atoms with Crippen molar-refractivity contribution >= 4 is 28.1 Å². The van der Waals surface area contributed by atoms with Crippen molar-refractivity contribution in [3.63, 3.8) is 0 Å². The molecule has 9 heteroatoms. The molecule has 7 nitrogen and oxygen atoms in total. The normalized spacial score (nSPS) is 12.7. The number of fused-ring (bicyclic) bond motifs is 2. The van der Waals surface area contributed by atoms with E-state index < -0.39 is 11.9 Å². The second-order valence-electron chi connectivity index (χ2n) is 7.78. The zero-order chi connectivity index (χ0) is 22.7. The summed E-state index contributed by atoms with van der Waals surface area (Å²) in [4.78, 5) is 30.7. The molecule has 1 aromatic carbocycles. The number of aryl methyl sites for hydroxylation is 2. The summed E-state index contributed by atoms with van der Waals surface area (Å²) in [5.41, 5.74) is 1.97. The van der Waals surface area contributed by atoms with Gasteiger partial charge in [-0.25, -0.2) is 9.37 Å². The summed E-state index contributed by atoms with van der Waals surface area (Å²) in [6.45, 7) is 5.39. The van der Waals surface area contributed by atoms with E-state index in [0.717, 1.165) is 5.69 Å². The topological polar surface area (TPSA) is 74.4 Å². The van der Waals surface area contributed by atoms with Gasteiger partial charge in [0.15, 0.2) is 11.4 Å². The maximum absolute atomic E-state index is 14.2. The van der Waals surface area contributed by atoms with Crippen LogP contribution in [0.5, 0.6) is 0 Å². The highest BCUT2D eigenvalue weighted by Gasteiger charge is 2.21. The van der Waals surface area contributed by atoms with E-state index in [1.54, 1.807) is 53.0 Å². The molecule has 0 bridgehead atoms. The molecule has 0 N–H and O–H groups in total. The van der Waals surface area contributed by atoms with Crippen LogP contribution in [0.3, 0.4) is 0 Å². The van der Waals surface area contributed by atoms with Crippen molar-refractivity contribution in [1.29, 1.82) is 0 Å². The second-order valence-corrected chi connectivity index (χ2v) is 8.21. The van der Waals surface area contributed by atoms with E-state index >= 15 is 0 Å². The zero-order valence-corrected chi connectivity index (χ0v) is 18.2. The first kappa shape index (κ1) is 20.3. The van der Waals surface area contributed by atoms with E-state index in [1.165, 1.54) is 16.7 Å². The van der Waals surface area contributed by atoms with Gasteiger partial charge in [0.25, 0.3) is 11.1 Å². The lowest BCUT2D eigenvalue weighted by atomic mass is 10.1. The first-order valence-electron chi connectivity index (χ1n) is 9.91. The Morgan fingerprint density at radius 2 is 1.91 bits per heavy atom. The third-order valence-corrected chi connectivity index (χ3v) is 5.90. The van der Waals surface area contributed by atoms with E-state index in [1.807, 2.05) is 13.8 Å². The van der Waals surface area contributed by atoms with Crippen LogP contribution in [-0.2, 0) is 0 Å². The molecular weight excluding hydrogens is 435 g/mol. The van der Waals surface area contributed by atoms with Crippen LogP contribution in [0, 0.1) is 19.7 Å². The van der Waals surface area contributed by atoms with E-state index in [0.29, 0.717) is 22.3 Å². The summed E-state index contributed by atoms with van der Waals surface area (Å²) in [5.74, 6) is -0.567. The van der Waals surface area contributed by atoms with Gasteiger partial charge in [-0.15, -0.1) is 0 Å². The van der Waals surface area contributed by atoms with Gasteiger partial charge in [0, 0.05) is 34.1 Å². The summed E-state index contributed by atoms with van der Waals surface area (Å²) in [7, 11) is 0. The number of hydrogen-bond acceptors (Lipinski definition) is 4. The third-order valence-electron chi connectivity index (χ3n) is 5.68. The molecule has 0 aliphatic carbocycles. The maximum atomic E-state index is 14.2. The van der Waals surface area contributed by atoms with Gasteiger partial charge in [0.1, 0.15) is 11.2 Å². The standard InChI is InChI=1S/C23H18ClFN4O3/c1-12-8-27(11-26-12)19-4-5-20-23(31)29(13(2)9-28(20)22(19)30)14(3)17-10-32-21-16(17)6-15(24)7-18(21)25/h4-11,14H,1-3H3. The van der Waals surface area contributed by atoms with E-state index in [2.05, 4.69) is 4.98 Å². The SMILES string of the molecule is Cc1cn(-c2ccc3c(=O)n(C(C)c4coc5c(F)cc(Cl)cc45)c(C)cn3c2=O)cn1. The fraction of sp³-hybridized carbons (Fsp3) is 0.174. The number of nitrogens with zero attached hydrogens (tertiary/aromatic N) is 4. The molecule has 0 aliphatic rings. The second kappa shape index (κ2) is 7.20. The molecule has 4 heterocycles. The molecule has 162 valence electrons. The van der Waals surface area contributed by atoms with Crippen LogP contribution in [0.4, 0.5) is 4.39 Å². The predicted octanol–water partition coefficient (Wildman–Crippen LogP) is 4.41. The Morgan fingerprint density at radius 1 is 1.12 bits per heavy atom. The average Bonchev–Trinajstić information content (AvgIpc) is 3.35. The molecule has 0 fully saturated rings. The van der Waals surface area contributed by atoms with Crippen LogP contribution in [0.2, 0.25) is 5.02 Å². The van der Waals surface area contributed by atoms with Crippen LogP contribution in [-0.4, -0.2) is 18.5 Å². The Labute approximate surface area is 185 Å². The first-order valence-corrected chi connectivity index (χ1v) is 10.3. The summed E-state index contributed by atoms with van der Waals surface area (Å²) in [6.07, 6.45) is 6.36. The number of hydrogen-bond donors (Lipinski definition) is 0. The molecule has 1 atom stereocenters. The summed E-state index contributed by atoms with van der Waals surface area (Å²) in [5, 5.41) is 0.734. The maximum Gasteiger partial charge on any atom is 0.279 e. The van der Waals surface area contributed by atoms with Gasteiger partial charge in [0.2, 0.25) is 0 Å². The molecule has 0 aliphatic heterocycles. The Kier molecular flexibility index (Phi) is 4.56. The van der Waals surface area contributed by atoms with Gasteiger partial charge in [-0.1, -0.05) is 11.6 Å². The molecule has 1 unspecified atom stereocenters. The summed E-state index contributed by atoms with van der Waals surface area (Å²) < 4.78 is 24.2. The first-order chi connectivity index (χ1) is 15.3. The van der Waals surface area contributed by atoms with Crippen molar-refractivity contribution in [2.24, 2.45) is 0 Å². The molecule has 0 spiro atoms. The summed E-state index contributed by atoms with van der Waals surface area (Å²) in [6, 6.07) is 5.52. The molecule has 0 saturated carbocycles. The van der Waals surface area contributed by atoms with Crippen LogP contribution in [0.25, 0.3) is 22.2 Å². The van der Waals surface area contributed by atoms with Gasteiger partial charge in [-0.05, 0) is 45.0 Å². The number of benzene rings is 1. The molecule has 0 amide bonds. The van der Waals surface area contributed by atoms with Crippen molar-refractivity contribution in [1.82, 2.24) is 18.5 Å². The number of aromatic nitrogens is 4. The van der Waals surface area contributed by atoms with Gasteiger partial charge in [-0.3, -0.25) is 14.0 Å². The third kappa shape index (κ3) is 2.98. The van der Waals surface area contributed by atoms with E-state index in [4.69, 9.17) is 16.0 Å². The zero-order valence-electron chi connectivity index (χ0n) is 17.5. The number of furan rings is 1. The lowest BCUT2D eigenvalue weighted by molar-refractivity contribution is 0.544. The van der Waals surface area contributed by atoms with Crippen molar-refractivity contribution in [2.75, 3.05) is 0 Å². The minimum Gasteiger partial charge on any atom is -0.461 e. The molecule has 4 aromatic heterocycles. The lowest BCUT2D eigenvalue weighted by Crippen LogP contribution is -2.31. The van der Waals surface area contributed by atoms with Gasteiger partial charge >= 0.3 is 0 Å². The molecule has 5 aromatic rings.